The number of hydrogen-bond acceptors (Lipinski definition) is 6. The highest BCUT2D eigenvalue weighted by Crippen LogP contribution is 2.55. The largest absolute Gasteiger partial charge is 0.460 e. The van der Waals surface area contributed by atoms with Crippen molar-refractivity contribution in [3.63, 3.8) is 0 Å². The fourth-order valence-corrected chi connectivity index (χ4v) is 3.17. The van der Waals surface area contributed by atoms with Crippen LogP contribution < -0.4 is 0 Å². The molecular weight excluding hydrogens is 738 g/mol. The van der Waals surface area contributed by atoms with E-state index in [9.17, 15) is 95.9 Å². The molecule has 276 valence electrons. The molecule has 0 fully saturated rings. The third-order valence-electron chi connectivity index (χ3n) is 4.52. The monoisotopic (exact) mass is 760 g/mol. The van der Waals surface area contributed by atoms with Crippen LogP contribution >= 0.6 is 0 Å². The van der Waals surface area contributed by atoms with E-state index in [1.54, 1.807) is 0 Å². The lowest BCUT2D eigenvalue weighted by Gasteiger charge is -2.33. The normalized spacial score (nSPS) is 14.7. The molecule has 0 saturated heterocycles. The van der Waals surface area contributed by atoms with Gasteiger partial charge < -0.3 is 10.2 Å². The summed E-state index contributed by atoms with van der Waals surface area (Å²) in [6, 6.07) is 0. The highest BCUT2D eigenvalue weighted by Gasteiger charge is 2.82. The predicted octanol–water partition coefficient (Wildman–Crippen LogP) is 5.61. The minimum absolute atomic E-state index is 0.0938. The van der Waals surface area contributed by atoms with Crippen molar-refractivity contribution >= 4 is 20.2 Å². The molecule has 0 saturated carbocycles. The van der Waals surface area contributed by atoms with Crippen LogP contribution in [0, 0.1) is 0 Å². The number of aliphatic hydroxyl groups is 2. The van der Waals surface area contributed by atoms with Crippen molar-refractivity contribution in [3.8, 4) is 0 Å². The maximum absolute atomic E-state index is 12.8. The van der Waals surface area contributed by atoms with Crippen LogP contribution in [0.3, 0.4) is 0 Å². The first-order chi connectivity index (χ1) is 19.3. The molecule has 4 N–H and O–H groups in total. The van der Waals surface area contributed by atoms with Gasteiger partial charge >= 0.3 is 47.9 Å². The summed E-state index contributed by atoms with van der Waals surface area (Å²) in [7, 11) is -9.69. The average molecular weight is 760 g/mol. The van der Waals surface area contributed by atoms with Crippen molar-refractivity contribution in [2.75, 3.05) is 24.7 Å². The summed E-state index contributed by atoms with van der Waals surface area (Å²) >= 11 is 0. The quantitative estimate of drug-likeness (QED) is 0.132. The van der Waals surface area contributed by atoms with Gasteiger partial charge in [0.15, 0.2) is 0 Å². The zero-order valence-electron chi connectivity index (χ0n) is 21.4. The number of aliphatic hydroxyl groups excluding tert-OH is 2. The summed E-state index contributed by atoms with van der Waals surface area (Å²) < 4.78 is 278. The molecule has 28 heteroatoms. The Morgan fingerprint density at radius 1 is 0.400 bits per heavy atom. The van der Waals surface area contributed by atoms with Gasteiger partial charge in [0.1, 0.15) is 0 Å². The third-order valence-corrected chi connectivity index (χ3v) is 6.13. The molecule has 0 heterocycles. The molecule has 0 aromatic rings. The second-order valence-electron chi connectivity index (χ2n) is 8.28. The van der Waals surface area contributed by atoms with Crippen LogP contribution in [0.5, 0.6) is 0 Å². The Bertz CT molecular complexity index is 1020. The zero-order chi connectivity index (χ0) is 37.4. The lowest BCUT2D eigenvalue weighted by atomic mass is 10.00. The van der Waals surface area contributed by atoms with Crippen molar-refractivity contribution in [1.82, 2.24) is 0 Å². The van der Waals surface area contributed by atoms with Crippen molar-refractivity contribution in [2.24, 2.45) is 0 Å². The summed E-state index contributed by atoms with van der Waals surface area (Å²) in [6.07, 6.45) is -20.8. The van der Waals surface area contributed by atoms with Gasteiger partial charge in [0, 0.05) is 26.1 Å². The van der Waals surface area contributed by atoms with Crippen LogP contribution in [0.1, 0.15) is 32.1 Å². The third kappa shape index (κ3) is 14.0. The Morgan fingerprint density at radius 2 is 0.622 bits per heavy atom. The Hall–Kier alpha value is -1.52. The van der Waals surface area contributed by atoms with Crippen LogP contribution in [0.2, 0.25) is 0 Å². The molecule has 0 bridgehead atoms. The van der Waals surface area contributed by atoms with Crippen molar-refractivity contribution < 1.29 is 115 Å². The SMILES string of the molecule is O=S(=O)(O)CCCC(F)(F)C(F)(F)C(F)(F)C(F)(F)F.O=S(=O)(O)CCCC(F)(F)C(F)(F)C(F)(F)C(F)(F)F.OCCCO. The summed E-state index contributed by atoms with van der Waals surface area (Å²) in [5.41, 5.74) is 0. The fourth-order valence-electron chi connectivity index (χ4n) is 2.15. The van der Waals surface area contributed by atoms with Gasteiger partial charge in [0.25, 0.3) is 20.2 Å². The molecule has 0 atom stereocenters. The van der Waals surface area contributed by atoms with Crippen LogP contribution in [0.15, 0.2) is 0 Å². The number of rotatable bonds is 14. The van der Waals surface area contributed by atoms with E-state index < -0.39 is 105 Å². The Labute approximate surface area is 240 Å². The first kappa shape index (κ1) is 47.9. The van der Waals surface area contributed by atoms with Crippen molar-refractivity contribution in [3.05, 3.63) is 0 Å². The average Bonchev–Trinajstić information content (AvgIpc) is 2.76. The highest BCUT2D eigenvalue weighted by molar-refractivity contribution is 7.86. The van der Waals surface area contributed by atoms with E-state index in [0.29, 0.717) is 6.42 Å². The van der Waals surface area contributed by atoms with Gasteiger partial charge in [-0.15, -0.1) is 0 Å². The minimum Gasteiger partial charge on any atom is -0.396 e. The van der Waals surface area contributed by atoms with Gasteiger partial charge in [-0.3, -0.25) is 9.11 Å². The van der Waals surface area contributed by atoms with E-state index in [1.807, 2.05) is 0 Å². The second-order valence-corrected chi connectivity index (χ2v) is 11.4. The van der Waals surface area contributed by atoms with E-state index in [0.717, 1.165) is 0 Å². The number of halogens is 18. The molecule has 0 unspecified atom stereocenters. The predicted molar refractivity (Wildman–Crippen MR) is 112 cm³/mol. The number of hydrogen-bond donors (Lipinski definition) is 4. The van der Waals surface area contributed by atoms with Crippen LogP contribution in [-0.2, 0) is 20.2 Å². The summed E-state index contributed by atoms with van der Waals surface area (Å²) in [5.74, 6) is -42.2. The highest BCUT2D eigenvalue weighted by atomic mass is 32.2. The van der Waals surface area contributed by atoms with E-state index in [2.05, 4.69) is 0 Å². The smallest absolute Gasteiger partial charge is 0.396 e. The van der Waals surface area contributed by atoms with Gasteiger partial charge in [-0.2, -0.15) is 95.9 Å². The minimum atomic E-state index is -7.00. The van der Waals surface area contributed by atoms with E-state index in [-0.39, 0.29) is 13.2 Å². The molecule has 0 aromatic heterocycles. The molecular formula is C17H22F18O8S2. The standard InChI is InChI=1S/2C7H7F9O3S.C3H8O2/c2*8-4(9,2-1-3-20(17,18)19)5(10,11)6(12,13)7(14,15)16;4-2-1-3-5/h2*1-3H2,(H,17,18,19);4-5H,1-3H2. The van der Waals surface area contributed by atoms with Crippen LogP contribution in [0.25, 0.3) is 0 Å². The van der Waals surface area contributed by atoms with Crippen LogP contribution in [0.4, 0.5) is 79.0 Å². The summed E-state index contributed by atoms with van der Waals surface area (Å²) in [6.45, 7) is 0.188. The van der Waals surface area contributed by atoms with E-state index in [4.69, 9.17) is 19.3 Å². The van der Waals surface area contributed by atoms with E-state index in [1.165, 1.54) is 0 Å². The molecule has 0 aliphatic rings. The van der Waals surface area contributed by atoms with Gasteiger partial charge in [-0.1, -0.05) is 0 Å². The summed E-state index contributed by atoms with van der Waals surface area (Å²) in [5, 5.41) is 15.8. The second kappa shape index (κ2) is 16.1. The first-order valence-corrected chi connectivity index (χ1v) is 14.1. The van der Waals surface area contributed by atoms with Crippen molar-refractivity contribution in [2.45, 2.75) is 80.0 Å². The Morgan fingerprint density at radius 3 is 0.756 bits per heavy atom. The van der Waals surface area contributed by atoms with Gasteiger partial charge in [-0.05, 0) is 19.3 Å². The maximum atomic E-state index is 12.8. The lowest BCUT2D eigenvalue weighted by molar-refractivity contribution is -0.396. The molecule has 0 aromatic carbocycles. The Balaban J connectivity index is -0.000000680. The summed E-state index contributed by atoms with van der Waals surface area (Å²) in [4.78, 5) is 0. The van der Waals surface area contributed by atoms with Gasteiger partial charge in [0.2, 0.25) is 0 Å². The topological polar surface area (TPSA) is 149 Å². The van der Waals surface area contributed by atoms with Gasteiger partial charge in [0.05, 0.1) is 11.5 Å². The molecule has 8 nitrogen and oxygen atoms in total. The van der Waals surface area contributed by atoms with Crippen LogP contribution in [-0.4, -0.2) is 109 Å². The molecule has 0 rings (SSSR count). The molecule has 0 aliphatic heterocycles. The van der Waals surface area contributed by atoms with Crippen molar-refractivity contribution in [1.29, 1.82) is 0 Å². The maximum Gasteiger partial charge on any atom is 0.460 e. The molecule has 0 spiro atoms. The Kier molecular flexibility index (Phi) is 17.1. The molecule has 0 amide bonds. The molecule has 45 heavy (non-hydrogen) atoms. The van der Waals surface area contributed by atoms with Gasteiger partial charge in [-0.25, -0.2) is 0 Å². The zero-order valence-corrected chi connectivity index (χ0v) is 23.0. The lowest BCUT2D eigenvalue weighted by Crippen LogP contribution is -2.60. The molecule has 0 radical (unpaired) electrons. The first-order valence-electron chi connectivity index (χ1n) is 10.9. The fraction of sp³-hybridized carbons (Fsp3) is 1.00. The van der Waals surface area contributed by atoms with E-state index >= 15 is 0 Å². The molecule has 0 aliphatic carbocycles. The number of alkyl halides is 18.